The van der Waals surface area contributed by atoms with E-state index in [4.69, 9.17) is 14.7 Å². The molecule has 18 nitrogen and oxygen atoms in total. The van der Waals surface area contributed by atoms with Crippen molar-refractivity contribution in [2.75, 3.05) is 56.6 Å². The summed E-state index contributed by atoms with van der Waals surface area (Å²) in [5.41, 5.74) is 2.91. The zero-order valence-corrected chi connectivity index (χ0v) is 47.4. The number of fused-ring (bicyclic) bond motifs is 1. The highest BCUT2D eigenvalue weighted by Crippen LogP contribution is 2.37. The molecule has 3 atom stereocenters. The van der Waals surface area contributed by atoms with Gasteiger partial charge < -0.3 is 35.4 Å². The number of rotatable bonds is 24. The molecule has 2 saturated carbocycles. The number of carbonyl (C=O) groups is 5. The molecule has 422 valence electrons. The van der Waals surface area contributed by atoms with Gasteiger partial charge in [0, 0.05) is 67.7 Å². The van der Waals surface area contributed by atoms with Crippen LogP contribution in [-0.2, 0) is 14.4 Å². The molecule has 19 heteroatoms. The summed E-state index contributed by atoms with van der Waals surface area (Å²) in [7, 11) is 1.74. The number of nitrogens with zero attached hydrogens (tertiary/aromatic N) is 8. The number of ether oxygens (including phenoxy) is 1. The number of carbonyl (C=O) groups excluding carboxylic acids is 5. The van der Waals surface area contributed by atoms with E-state index in [1.165, 1.54) is 18.3 Å². The van der Waals surface area contributed by atoms with Crippen molar-refractivity contribution in [3.05, 3.63) is 91.9 Å². The number of likely N-dealkylation sites (N-methyl/N-ethyl adjacent to an activating group) is 1. The van der Waals surface area contributed by atoms with Crippen LogP contribution < -0.4 is 31.1 Å². The monoisotopic (exact) mass is 1100 g/mol. The highest BCUT2D eigenvalue weighted by molar-refractivity contribution is 7.10. The third-order valence-electron chi connectivity index (χ3n) is 16.7. The van der Waals surface area contributed by atoms with Crippen LogP contribution in [0.15, 0.2) is 59.0 Å². The van der Waals surface area contributed by atoms with E-state index in [-0.39, 0.29) is 58.4 Å². The van der Waals surface area contributed by atoms with Crippen molar-refractivity contribution in [2.24, 2.45) is 5.92 Å². The number of pyridine rings is 2. The van der Waals surface area contributed by atoms with Crippen molar-refractivity contribution in [3.63, 3.8) is 0 Å². The molecule has 3 N–H and O–H groups in total. The molecule has 3 amide bonds. The third-order valence-corrected chi connectivity index (χ3v) is 17.7. The van der Waals surface area contributed by atoms with Gasteiger partial charge in [0.1, 0.15) is 34.0 Å². The van der Waals surface area contributed by atoms with E-state index < -0.39 is 12.1 Å². The van der Waals surface area contributed by atoms with Gasteiger partial charge in [0.2, 0.25) is 29.5 Å². The number of piperazine rings is 1. The Kier molecular flexibility index (Phi) is 19.5. The maximum atomic E-state index is 14.2. The van der Waals surface area contributed by atoms with Gasteiger partial charge in [-0.1, -0.05) is 76.3 Å². The van der Waals surface area contributed by atoms with Crippen molar-refractivity contribution in [2.45, 2.75) is 167 Å². The first-order chi connectivity index (χ1) is 38.4. The zero-order chi connectivity index (χ0) is 55.4. The quantitative estimate of drug-likeness (QED) is 0.0388. The average Bonchev–Trinajstić information content (AvgIpc) is 4.40. The molecule has 2 saturated heterocycles. The minimum absolute atomic E-state index is 0.00211. The second-order valence-electron chi connectivity index (χ2n) is 22.1. The molecule has 0 spiro atoms. The lowest BCUT2D eigenvalue weighted by Crippen LogP contribution is -2.55. The lowest BCUT2D eigenvalue weighted by Gasteiger charge is -2.36. The number of unbranched alkanes of at least 4 members (excludes halogenated alkanes) is 6. The second kappa shape index (κ2) is 27.0. The maximum Gasteiger partial charge on any atom is 0.263 e. The summed E-state index contributed by atoms with van der Waals surface area (Å²) in [6, 6.07) is 9.95. The van der Waals surface area contributed by atoms with Gasteiger partial charge >= 0.3 is 0 Å². The molecule has 1 aromatic carbocycles. The molecule has 4 aromatic heterocycles. The molecule has 79 heavy (non-hydrogen) atoms. The first-order valence-electron chi connectivity index (χ1n) is 29.1. The summed E-state index contributed by atoms with van der Waals surface area (Å²) in [4.78, 5) is 105. The van der Waals surface area contributed by atoms with E-state index >= 15 is 0 Å². The number of benzene rings is 1. The topological polar surface area (TPSA) is 214 Å². The Hall–Kier alpha value is -6.60. The summed E-state index contributed by atoms with van der Waals surface area (Å²) in [6.07, 6.45) is 21.7. The van der Waals surface area contributed by atoms with Crippen LogP contribution in [0, 0.1) is 12.8 Å². The largest absolute Gasteiger partial charge is 0.494 e. The average molecular weight is 1100 g/mol. The van der Waals surface area contributed by atoms with E-state index in [9.17, 15) is 28.8 Å². The lowest BCUT2D eigenvalue weighted by molar-refractivity contribution is -0.139. The van der Waals surface area contributed by atoms with Crippen LogP contribution in [0.2, 0.25) is 0 Å². The number of hydrogen-bond donors (Lipinski definition) is 3. The van der Waals surface area contributed by atoms with Crippen LogP contribution in [-0.4, -0.2) is 122 Å². The predicted molar refractivity (Wildman–Crippen MR) is 307 cm³/mol. The van der Waals surface area contributed by atoms with Gasteiger partial charge in [-0.2, -0.15) is 4.98 Å². The molecule has 9 rings (SSSR count). The van der Waals surface area contributed by atoms with Crippen LogP contribution in [0.3, 0.4) is 0 Å². The van der Waals surface area contributed by atoms with Crippen molar-refractivity contribution >= 4 is 69.1 Å². The third kappa shape index (κ3) is 13.9. The fourth-order valence-electron chi connectivity index (χ4n) is 12.0. The van der Waals surface area contributed by atoms with Crippen molar-refractivity contribution in [3.8, 4) is 5.75 Å². The van der Waals surface area contributed by atoms with Crippen molar-refractivity contribution in [1.82, 2.24) is 44.9 Å². The molecule has 0 bridgehead atoms. The highest BCUT2D eigenvalue weighted by Gasteiger charge is 2.40. The van der Waals surface area contributed by atoms with Gasteiger partial charge in [-0.25, -0.2) is 15.0 Å². The predicted octanol–water partition coefficient (Wildman–Crippen LogP) is 9.43. The Morgan fingerprint density at radius 1 is 0.810 bits per heavy atom. The van der Waals surface area contributed by atoms with Gasteiger partial charge in [0.15, 0.2) is 5.78 Å². The number of aryl methyl sites for hydroxylation is 1. The summed E-state index contributed by atoms with van der Waals surface area (Å²) >= 11 is 1.41. The minimum atomic E-state index is -0.573. The van der Waals surface area contributed by atoms with Crippen LogP contribution in [0.25, 0.3) is 11.0 Å². The van der Waals surface area contributed by atoms with Gasteiger partial charge in [-0.15, -0.1) is 11.3 Å². The SMILES string of the molecule is CNC(C)C(=O)N[C@H](C(=O)N1CCCC1c1nc(C(=O)c2cccc(OCCCCCCCCCC(=O)N3CCN(c4ccc(Nc5ncc6c(C)c(C(C)=O)c(=O)n(C7CCCC7)c6n5)nc4)CC3)c2)cs1)C1CCCCC1. The van der Waals surface area contributed by atoms with E-state index in [0.717, 1.165) is 139 Å². The zero-order valence-electron chi connectivity index (χ0n) is 46.6. The molecule has 6 heterocycles. The Bertz CT molecular complexity index is 3000. The number of amides is 3. The molecule has 4 aliphatic rings. The van der Waals surface area contributed by atoms with Gasteiger partial charge in [-0.05, 0) is 115 Å². The number of anilines is 3. The second-order valence-corrected chi connectivity index (χ2v) is 23.0. The molecular weight excluding hydrogens is 1020 g/mol. The van der Waals surface area contributed by atoms with E-state index in [1.807, 2.05) is 40.3 Å². The number of aromatic nitrogens is 5. The first kappa shape index (κ1) is 57.1. The lowest BCUT2D eigenvalue weighted by atomic mass is 9.83. The van der Waals surface area contributed by atoms with Crippen LogP contribution >= 0.6 is 11.3 Å². The number of ketones is 2. The number of hydrogen-bond acceptors (Lipinski definition) is 15. The van der Waals surface area contributed by atoms with Crippen molar-refractivity contribution in [1.29, 1.82) is 0 Å². The molecule has 0 radical (unpaired) electrons. The Morgan fingerprint density at radius 2 is 1.54 bits per heavy atom. The smallest absolute Gasteiger partial charge is 0.263 e. The molecule has 4 fully saturated rings. The molecule has 5 aromatic rings. The number of thiazole rings is 1. The Balaban J connectivity index is 0.650. The van der Waals surface area contributed by atoms with Gasteiger partial charge in [0.05, 0.1) is 36.1 Å². The minimum Gasteiger partial charge on any atom is -0.494 e. The van der Waals surface area contributed by atoms with Crippen LogP contribution in [0.5, 0.6) is 5.75 Å². The molecular formula is C60H79N11O7S. The Labute approximate surface area is 467 Å². The summed E-state index contributed by atoms with van der Waals surface area (Å²) in [6.45, 7) is 8.96. The Morgan fingerprint density at radius 3 is 2.27 bits per heavy atom. The summed E-state index contributed by atoms with van der Waals surface area (Å²) < 4.78 is 7.80. The maximum absolute atomic E-state index is 14.2. The van der Waals surface area contributed by atoms with Gasteiger partial charge in [-0.3, -0.25) is 33.3 Å². The summed E-state index contributed by atoms with van der Waals surface area (Å²) in [5, 5.41) is 12.5. The number of Topliss-reactive ketones (excluding diaryl/α,β-unsaturated/α-hetero) is 1. The van der Waals surface area contributed by atoms with Crippen LogP contribution in [0.4, 0.5) is 17.5 Å². The van der Waals surface area contributed by atoms with E-state index in [2.05, 4.69) is 30.8 Å². The molecule has 2 aliphatic carbocycles. The van der Waals surface area contributed by atoms with Gasteiger partial charge in [0.25, 0.3) is 5.56 Å². The summed E-state index contributed by atoms with van der Waals surface area (Å²) in [5.74, 6) is 1.22. The van der Waals surface area contributed by atoms with Crippen molar-refractivity contribution < 1.29 is 28.7 Å². The standard InChI is InChI=1S/C60H79N11O7S/c1-39-47-37-63-60(67-55(47)71(44-22-14-15-23-44)58(76)52(39)41(3)72)65-50-28-27-45(36-62-50)68-30-32-69(33-31-68)51(73)26-13-8-6-5-7-9-16-34-78-46-24-17-21-43(35-46)54(74)48-38-79-57(64-48)49-25-18-29-70(49)59(77)53(42-19-11-10-12-20-42)66-56(75)40(2)61-4/h17,21,24,27-28,35-38,40,42,44,49,53,61H,5-16,18-20,22-23,25-26,29-34H2,1-4H3,(H,66,75)(H,62,63,65,67)/t40?,49?,53-/m0/s1. The fraction of sp³-hybridized carbons (Fsp3) is 0.567. The van der Waals surface area contributed by atoms with E-state index in [1.54, 1.807) is 49.2 Å². The molecule has 2 unspecified atom stereocenters. The highest BCUT2D eigenvalue weighted by atomic mass is 32.1. The number of likely N-dealkylation sites (tertiary alicyclic amines) is 1. The fourth-order valence-corrected chi connectivity index (χ4v) is 13.0. The normalized spacial score (nSPS) is 18.0. The number of nitrogens with one attached hydrogen (secondary N) is 3. The first-order valence-corrected chi connectivity index (χ1v) is 30.0. The van der Waals surface area contributed by atoms with E-state index in [0.29, 0.717) is 78.0 Å². The molecule has 2 aliphatic heterocycles. The van der Waals surface area contributed by atoms with Crippen LogP contribution in [0.1, 0.15) is 185 Å².